The minimum absolute atomic E-state index is 0.107. The largest absolute Gasteiger partial charge is 0.307 e. The molecule has 0 spiro atoms. The number of benzene rings is 2. The lowest BCUT2D eigenvalue weighted by Gasteiger charge is -2.10. The highest BCUT2D eigenvalue weighted by molar-refractivity contribution is 7.90. The maximum absolute atomic E-state index is 12.5. The van der Waals surface area contributed by atoms with E-state index >= 15 is 0 Å². The fraction of sp³-hybridized carbons (Fsp3) is 0.143. The van der Waals surface area contributed by atoms with Gasteiger partial charge in [0.1, 0.15) is 5.82 Å². The molecule has 1 amide bonds. The number of hydrogen-bond donors (Lipinski definition) is 1. The highest BCUT2D eigenvalue weighted by Crippen LogP contribution is 2.33. The molecule has 2 heterocycles. The average Bonchev–Trinajstić information content (AvgIpc) is 3.14. The summed E-state index contributed by atoms with van der Waals surface area (Å²) in [5.41, 5.74) is 3.81. The van der Waals surface area contributed by atoms with Crippen molar-refractivity contribution < 1.29 is 13.2 Å². The Balaban J connectivity index is 1.68. The molecule has 0 bridgehead atoms. The first kappa shape index (κ1) is 18.2. The van der Waals surface area contributed by atoms with Crippen molar-refractivity contribution in [1.29, 1.82) is 0 Å². The predicted octanol–water partition coefficient (Wildman–Crippen LogP) is 3.26. The molecule has 3 aromatic rings. The minimum atomic E-state index is -3.23. The summed E-state index contributed by atoms with van der Waals surface area (Å²) in [6.45, 7) is 1.98. The van der Waals surface area contributed by atoms with Crippen LogP contribution in [0.3, 0.4) is 0 Å². The SMILES string of the molecule is Cc1ccc(-n2nc3c(c2NC(=O)/C=C\c2ccccc2)CS(=O)(=O)C3)cc1. The van der Waals surface area contributed by atoms with E-state index in [1.54, 1.807) is 10.8 Å². The quantitative estimate of drug-likeness (QED) is 0.690. The highest BCUT2D eigenvalue weighted by Gasteiger charge is 2.33. The van der Waals surface area contributed by atoms with Crippen LogP contribution in [0.4, 0.5) is 5.82 Å². The third-order valence-electron chi connectivity index (χ3n) is 4.53. The Hall–Kier alpha value is -3.19. The van der Waals surface area contributed by atoms with E-state index in [-0.39, 0.29) is 17.4 Å². The maximum atomic E-state index is 12.5. The molecule has 0 radical (unpaired) electrons. The fourth-order valence-corrected chi connectivity index (χ4v) is 4.63. The second-order valence-corrected chi connectivity index (χ2v) is 8.85. The Morgan fingerprint density at radius 2 is 1.79 bits per heavy atom. The van der Waals surface area contributed by atoms with E-state index in [1.165, 1.54) is 6.08 Å². The molecule has 0 aliphatic carbocycles. The van der Waals surface area contributed by atoms with E-state index in [9.17, 15) is 13.2 Å². The van der Waals surface area contributed by atoms with E-state index in [0.717, 1.165) is 16.8 Å². The third kappa shape index (κ3) is 3.75. The van der Waals surface area contributed by atoms with Crippen molar-refractivity contribution in [1.82, 2.24) is 9.78 Å². The second kappa shape index (κ2) is 7.09. The van der Waals surface area contributed by atoms with Gasteiger partial charge >= 0.3 is 0 Å². The molecular weight excluding hydrogens is 374 g/mol. The number of rotatable bonds is 4. The smallest absolute Gasteiger partial charge is 0.249 e. The third-order valence-corrected chi connectivity index (χ3v) is 5.98. The fourth-order valence-electron chi connectivity index (χ4n) is 3.14. The number of nitrogens with one attached hydrogen (secondary N) is 1. The average molecular weight is 393 g/mol. The topological polar surface area (TPSA) is 81.1 Å². The Morgan fingerprint density at radius 3 is 2.50 bits per heavy atom. The van der Waals surface area contributed by atoms with Crippen LogP contribution in [0.15, 0.2) is 60.7 Å². The van der Waals surface area contributed by atoms with E-state index in [2.05, 4.69) is 10.4 Å². The van der Waals surface area contributed by atoms with Crippen LogP contribution in [-0.2, 0) is 26.1 Å². The van der Waals surface area contributed by atoms with Crippen molar-refractivity contribution in [2.75, 3.05) is 5.32 Å². The molecule has 6 nitrogen and oxygen atoms in total. The van der Waals surface area contributed by atoms with Gasteiger partial charge in [0, 0.05) is 11.6 Å². The Kier molecular flexibility index (Phi) is 4.60. The van der Waals surface area contributed by atoms with Gasteiger partial charge in [-0.25, -0.2) is 13.1 Å². The molecule has 4 rings (SSSR count). The van der Waals surface area contributed by atoms with Crippen LogP contribution < -0.4 is 5.32 Å². The van der Waals surface area contributed by atoms with Gasteiger partial charge in [0.05, 0.1) is 22.9 Å². The van der Waals surface area contributed by atoms with Crippen LogP contribution >= 0.6 is 0 Å². The molecule has 7 heteroatoms. The number of aromatic nitrogens is 2. The molecule has 0 atom stereocenters. The van der Waals surface area contributed by atoms with Gasteiger partial charge in [0.25, 0.3) is 0 Å². The zero-order chi connectivity index (χ0) is 19.7. The highest BCUT2D eigenvalue weighted by atomic mass is 32.2. The van der Waals surface area contributed by atoms with Crippen molar-refractivity contribution in [2.24, 2.45) is 0 Å². The molecule has 1 N–H and O–H groups in total. The number of amides is 1. The maximum Gasteiger partial charge on any atom is 0.249 e. The van der Waals surface area contributed by atoms with Crippen molar-refractivity contribution in [2.45, 2.75) is 18.4 Å². The lowest BCUT2D eigenvalue weighted by Crippen LogP contribution is -2.14. The molecule has 0 unspecified atom stereocenters. The summed E-state index contributed by atoms with van der Waals surface area (Å²) >= 11 is 0. The summed E-state index contributed by atoms with van der Waals surface area (Å²) in [4.78, 5) is 12.5. The van der Waals surface area contributed by atoms with Crippen molar-refractivity contribution in [3.8, 4) is 5.69 Å². The summed E-state index contributed by atoms with van der Waals surface area (Å²) in [6, 6.07) is 17.1. The van der Waals surface area contributed by atoms with Crippen LogP contribution in [0.2, 0.25) is 0 Å². The lowest BCUT2D eigenvalue weighted by atomic mass is 10.2. The number of carbonyl (C=O) groups is 1. The van der Waals surface area contributed by atoms with Crippen molar-refractivity contribution in [3.63, 3.8) is 0 Å². The van der Waals surface area contributed by atoms with Gasteiger partial charge in [-0.1, -0.05) is 48.0 Å². The molecule has 0 saturated carbocycles. The summed E-state index contributed by atoms with van der Waals surface area (Å²) < 4.78 is 25.6. The van der Waals surface area contributed by atoms with Gasteiger partial charge in [0.2, 0.25) is 5.91 Å². The molecule has 2 aromatic carbocycles. The number of anilines is 1. The van der Waals surface area contributed by atoms with Gasteiger partial charge in [-0.05, 0) is 30.7 Å². The molecule has 1 aliphatic rings. The number of nitrogens with zero attached hydrogens (tertiary/aromatic N) is 2. The van der Waals surface area contributed by atoms with Gasteiger partial charge in [-0.3, -0.25) is 4.79 Å². The van der Waals surface area contributed by atoms with Crippen LogP contribution in [0.25, 0.3) is 11.8 Å². The van der Waals surface area contributed by atoms with E-state index < -0.39 is 9.84 Å². The number of aryl methyl sites for hydroxylation is 1. The normalized spacial score (nSPS) is 14.9. The first-order valence-corrected chi connectivity index (χ1v) is 10.7. The molecule has 1 aliphatic heterocycles. The standard InChI is InChI=1S/C21H19N3O3S/c1-15-7-10-17(11-8-15)24-21(18-13-28(26,27)14-19(18)23-24)22-20(25)12-9-16-5-3-2-4-6-16/h2-12H,13-14H2,1H3,(H,22,25)/b12-9-. The summed E-state index contributed by atoms with van der Waals surface area (Å²) in [5.74, 6) is -0.164. The Labute approximate surface area is 163 Å². The molecular formula is C21H19N3O3S. The van der Waals surface area contributed by atoms with Crippen LogP contribution in [-0.4, -0.2) is 24.1 Å². The monoisotopic (exact) mass is 393 g/mol. The number of hydrogen-bond acceptors (Lipinski definition) is 4. The molecule has 28 heavy (non-hydrogen) atoms. The first-order chi connectivity index (χ1) is 13.4. The molecule has 0 fully saturated rings. The second-order valence-electron chi connectivity index (χ2n) is 6.79. The van der Waals surface area contributed by atoms with E-state index in [0.29, 0.717) is 17.1 Å². The van der Waals surface area contributed by atoms with E-state index in [1.807, 2.05) is 61.5 Å². The Morgan fingerprint density at radius 1 is 1.07 bits per heavy atom. The van der Waals surface area contributed by atoms with Gasteiger partial charge in [0.15, 0.2) is 9.84 Å². The Bertz CT molecular complexity index is 1160. The molecule has 0 saturated heterocycles. The zero-order valence-corrected chi connectivity index (χ0v) is 16.1. The molecule has 1 aromatic heterocycles. The van der Waals surface area contributed by atoms with Crippen molar-refractivity contribution >= 4 is 27.6 Å². The van der Waals surface area contributed by atoms with Crippen molar-refractivity contribution in [3.05, 3.63) is 83.1 Å². The van der Waals surface area contributed by atoms with Gasteiger partial charge in [-0.2, -0.15) is 5.10 Å². The molecule has 142 valence electrons. The van der Waals surface area contributed by atoms with Crippen LogP contribution in [0.1, 0.15) is 22.4 Å². The lowest BCUT2D eigenvalue weighted by molar-refractivity contribution is -0.111. The minimum Gasteiger partial charge on any atom is -0.307 e. The predicted molar refractivity (Wildman–Crippen MR) is 109 cm³/mol. The van der Waals surface area contributed by atoms with E-state index in [4.69, 9.17) is 0 Å². The number of carbonyl (C=O) groups excluding carboxylic acids is 1. The van der Waals surface area contributed by atoms with Gasteiger partial charge < -0.3 is 5.32 Å². The summed E-state index contributed by atoms with van der Waals surface area (Å²) in [6.07, 6.45) is 3.14. The summed E-state index contributed by atoms with van der Waals surface area (Å²) in [5, 5.41) is 7.28. The number of fused-ring (bicyclic) bond motifs is 1. The first-order valence-electron chi connectivity index (χ1n) is 8.84. The number of sulfone groups is 1. The zero-order valence-electron chi connectivity index (χ0n) is 15.3. The van der Waals surface area contributed by atoms with Crippen LogP contribution in [0, 0.1) is 6.92 Å². The van der Waals surface area contributed by atoms with Crippen LogP contribution in [0.5, 0.6) is 0 Å². The van der Waals surface area contributed by atoms with Gasteiger partial charge in [-0.15, -0.1) is 0 Å². The summed E-state index contributed by atoms with van der Waals surface area (Å²) in [7, 11) is -3.23.